The van der Waals surface area contributed by atoms with Crippen LogP contribution in [-0.4, -0.2) is 23.5 Å². The molecule has 0 N–H and O–H groups in total. The Kier molecular flexibility index (Phi) is 3.34. The number of hydrogen-bond donors (Lipinski definition) is 0. The number of nitrogens with zero attached hydrogens (tertiary/aromatic N) is 3. The summed E-state index contributed by atoms with van der Waals surface area (Å²) in [6.45, 7) is 0. The number of imidazole rings is 1. The van der Waals surface area contributed by atoms with Gasteiger partial charge in [0, 0.05) is 35.1 Å². The normalized spacial score (nSPS) is 11.4. The molecular formula is C17H14IN3S. The lowest BCUT2D eigenvalue weighted by Gasteiger charge is -2.12. The van der Waals surface area contributed by atoms with E-state index < -0.39 is 0 Å². The van der Waals surface area contributed by atoms with E-state index in [0.29, 0.717) is 0 Å². The highest BCUT2D eigenvalue weighted by Gasteiger charge is 2.10. The number of halogens is 1. The van der Waals surface area contributed by atoms with Crippen LogP contribution in [0.4, 0.5) is 5.69 Å². The maximum absolute atomic E-state index is 4.79. The number of benzene rings is 2. The zero-order chi connectivity index (χ0) is 15.3. The van der Waals surface area contributed by atoms with E-state index in [1.54, 1.807) is 11.3 Å². The van der Waals surface area contributed by atoms with Gasteiger partial charge in [0.25, 0.3) is 0 Å². The van der Waals surface area contributed by atoms with Crippen molar-refractivity contribution >= 4 is 54.8 Å². The fourth-order valence-corrected chi connectivity index (χ4v) is 4.29. The number of thiazole rings is 1. The molecule has 0 amide bonds. The molecule has 0 unspecified atom stereocenters. The van der Waals surface area contributed by atoms with Crippen molar-refractivity contribution in [3.05, 3.63) is 52.2 Å². The summed E-state index contributed by atoms with van der Waals surface area (Å²) in [5.41, 5.74) is 4.60. The van der Waals surface area contributed by atoms with Crippen molar-refractivity contribution in [3.63, 3.8) is 0 Å². The minimum absolute atomic E-state index is 1.03. The van der Waals surface area contributed by atoms with E-state index in [0.717, 1.165) is 16.2 Å². The second-order valence-corrected chi connectivity index (χ2v) is 7.69. The predicted octanol–water partition coefficient (Wildman–Crippen LogP) is 4.89. The van der Waals surface area contributed by atoms with E-state index >= 15 is 0 Å². The van der Waals surface area contributed by atoms with Crippen LogP contribution in [0.1, 0.15) is 0 Å². The van der Waals surface area contributed by atoms with E-state index in [9.17, 15) is 0 Å². The molecule has 0 bridgehead atoms. The van der Waals surface area contributed by atoms with Crippen LogP contribution in [0.5, 0.6) is 0 Å². The Morgan fingerprint density at radius 3 is 2.59 bits per heavy atom. The Balaban J connectivity index is 1.82. The van der Waals surface area contributed by atoms with Crippen LogP contribution < -0.4 is 4.90 Å². The van der Waals surface area contributed by atoms with Gasteiger partial charge >= 0.3 is 0 Å². The van der Waals surface area contributed by atoms with Gasteiger partial charge in [0.15, 0.2) is 4.96 Å². The Labute approximate surface area is 146 Å². The quantitative estimate of drug-likeness (QED) is 0.435. The molecule has 0 fully saturated rings. The van der Waals surface area contributed by atoms with Crippen LogP contribution in [0, 0.1) is 3.57 Å². The Morgan fingerprint density at radius 2 is 1.86 bits per heavy atom. The first-order valence-corrected chi connectivity index (χ1v) is 8.86. The fraction of sp³-hybridized carbons (Fsp3) is 0.118. The molecule has 5 heteroatoms. The summed E-state index contributed by atoms with van der Waals surface area (Å²) in [6.07, 6.45) is 2.13. The summed E-state index contributed by atoms with van der Waals surface area (Å²) >= 11 is 4.09. The third-order valence-corrected chi connectivity index (χ3v) is 5.42. The molecule has 0 atom stereocenters. The number of anilines is 1. The molecule has 0 aliphatic heterocycles. The van der Waals surface area contributed by atoms with E-state index in [-0.39, 0.29) is 0 Å². The molecule has 0 radical (unpaired) electrons. The van der Waals surface area contributed by atoms with Crippen LogP contribution in [0.3, 0.4) is 0 Å². The standard InChI is InChI=1S/C17H14IN3S/c1-20(2)13-6-3-11(4-7-13)14-10-21-15-8-5-12(18)9-16(15)22-17(21)19-14/h3-10H,1-2H3/i18-4. The zero-order valence-electron chi connectivity index (χ0n) is 12.2. The van der Waals surface area contributed by atoms with E-state index in [1.165, 1.54) is 19.5 Å². The highest BCUT2D eigenvalue weighted by atomic mass is 123. The largest absolute Gasteiger partial charge is 0.378 e. The molecule has 22 heavy (non-hydrogen) atoms. The second kappa shape index (κ2) is 5.24. The van der Waals surface area contributed by atoms with Crippen molar-refractivity contribution in [1.82, 2.24) is 9.38 Å². The lowest BCUT2D eigenvalue weighted by atomic mass is 10.1. The summed E-state index contributed by atoms with van der Waals surface area (Å²) in [5, 5.41) is 0. The molecule has 110 valence electrons. The van der Waals surface area contributed by atoms with Gasteiger partial charge in [-0.2, -0.15) is 0 Å². The Bertz CT molecular complexity index is 967. The van der Waals surface area contributed by atoms with E-state index in [1.807, 2.05) is 0 Å². The number of aromatic nitrogens is 2. The fourth-order valence-electron chi connectivity index (χ4n) is 2.54. The minimum atomic E-state index is 1.03. The van der Waals surface area contributed by atoms with Crippen LogP contribution in [-0.2, 0) is 0 Å². The lowest BCUT2D eigenvalue weighted by molar-refractivity contribution is 1.13. The highest BCUT2D eigenvalue weighted by molar-refractivity contribution is 14.1. The highest BCUT2D eigenvalue weighted by Crippen LogP contribution is 2.30. The van der Waals surface area contributed by atoms with E-state index in [4.69, 9.17) is 4.98 Å². The average Bonchev–Trinajstić information content (AvgIpc) is 3.04. The molecule has 2 aromatic heterocycles. The van der Waals surface area contributed by atoms with Gasteiger partial charge in [-0.05, 0) is 52.9 Å². The van der Waals surface area contributed by atoms with Crippen LogP contribution in [0.25, 0.3) is 26.4 Å². The van der Waals surface area contributed by atoms with Gasteiger partial charge in [0.05, 0.1) is 15.9 Å². The minimum Gasteiger partial charge on any atom is -0.378 e. The first kappa shape index (κ1) is 14.0. The SMILES string of the molecule is CN(C)c1ccc(-c2cn3c(n2)sc2cc([123I])ccc23)cc1. The molecule has 0 aliphatic carbocycles. The first-order valence-electron chi connectivity index (χ1n) is 6.97. The van der Waals surface area contributed by atoms with Gasteiger partial charge < -0.3 is 4.90 Å². The molecule has 0 spiro atoms. The van der Waals surface area contributed by atoms with Gasteiger partial charge in [-0.25, -0.2) is 4.98 Å². The van der Waals surface area contributed by atoms with Crippen LogP contribution >= 0.6 is 33.9 Å². The third-order valence-electron chi connectivity index (χ3n) is 3.74. The summed E-state index contributed by atoms with van der Waals surface area (Å²) < 4.78 is 4.73. The predicted molar refractivity (Wildman–Crippen MR) is 103 cm³/mol. The molecule has 0 saturated heterocycles. The van der Waals surface area contributed by atoms with Crippen LogP contribution in [0.15, 0.2) is 48.7 Å². The summed E-state index contributed by atoms with van der Waals surface area (Å²) in [4.78, 5) is 7.94. The monoisotopic (exact) mass is 415 g/mol. The smallest absolute Gasteiger partial charge is 0.195 e. The average molecular weight is 415 g/mol. The maximum Gasteiger partial charge on any atom is 0.195 e. The van der Waals surface area contributed by atoms with Crippen LogP contribution in [0.2, 0.25) is 0 Å². The summed E-state index contributed by atoms with van der Waals surface area (Å²) in [7, 11) is 4.10. The molecule has 4 rings (SSSR count). The van der Waals surface area contributed by atoms with Gasteiger partial charge in [-0.1, -0.05) is 23.5 Å². The van der Waals surface area contributed by atoms with Gasteiger partial charge in [-0.3, -0.25) is 4.40 Å². The molecular weight excluding hydrogens is 401 g/mol. The maximum atomic E-state index is 4.79. The number of rotatable bonds is 2. The molecule has 2 heterocycles. The van der Waals surface area contributed by atoms with Crippen molar-refractivity contribution in [1.29, 1.82) is 0 Å². The molecule has 0 aliphatic rings. The molecule has 0 saturated carbocycles. The molecule has 3 nitrogen and oxygen atoms in total. The van der Waals surface area contributed by atoms with Gasteiger partial charge in [0.1, 0.15) is 0 Å². The number of hydrogen-bond acceptors (Lipinski definition) is 3. The summed E-state index contributed by atoms with van der Waals surface area (Å²) in [6, 6.07) is 15.0. The van der Waals surface area contributed by atoms with Gasteiger partial charge in [0.2, 0.25) is 0 Å². The van der Waals surface area contributed by atoms with Gasteiger partial charge in [-0.15, -0.1) is 0 Å². The molecule has 2 aromatic carbocycles. The van der Waals surface area contributed by atoms with Crippen molar-refractivity contribution in [2.45, 2.75) is 0 Å². The lowest BCUT2D eigenvalue weighted by Crippen LogP contribution is -2.07. The second-order valence-electron chi connectivity index (χ2n) is 5.43. The zero-order valence-corrected chi connectivity index (χ0v) is 15.2. The van der Waals surface area contributed by atoms with Crippen molar-refractivity contribution in [2.24, 2.45) is 0 Å². The Morgan fingerprint density at radius 1 is 1.09 bits per heavy atom. The summed E-state index contributed by atoms with van der Waals surface area (Å²) in [5.74, 6) is 0. The first-order chi connectivity index (χ1) is 10.6. The van der Waals surface area contributed by atoms with Crippen molar-refractivity contribution < 1.29 is 0 Å². The number of fused-ring (bicyclic) bond motifs is 3. The topological polar surface area (TPSA) is 20.5 Å². The van der Waals surface area contributed by atoms with E-state index in [2.05, 4.69) is 94.6 Å². The van der Waals surface area contributed by atoms with Crippen molar-refractivity contribution in [2.75, 3.05) is 19.0 Å². The van der Waals surface area contributed by atoms with Crippen molar-refractivity contribution in [3.8, 4) is 11.3 Å². The third kappa shape index (κ3) is 2.28. The Hall–Kier alpha value is -1.60. The molecule has 4 aromatic rings.